The Balaban J connectivity index is 1.58. The van der Waals surface area contributed by atoms with Crippen LogP contribution in [0.3, 0.4) is 0 Å². The Morgan fingerprint density at radius 3 is 3.00 bits per heavy atom. The Bertz CT molecular complexity index is 632. The zero-order chi connectivity index (χ0) is 15.9. The molecule has 0 aliphatic carbocycles. The summed E-state index contributed by atoms with van der Waals surface area (Å²) in [5, 5.41) is 11.9. The first kappa shape index (κ1) is 15.9. The maximum Gasteiger partial charge on any atom is 0.191 e. The summed E-state index contributed by atoms with van der Waals surface area (Å²) in [5.74, 6) is 2.14. The van der Waals surface area contributed by atoms with Gasteiger partial charge in [-0.2, -0.15) is 16.9 Å². The van der Waals surface area contributed by atoms with E-state index in [9.17, 15) is 0 Å². The molecule has 1 aromatic heterocycles. The van der Waals surface area contributed by atoms with Gasteiger partial charge in [0.2, 0.25) is 0 Å². The van der Waals surface area contributed by atoms with E-state index in [-0.39, 0.29) is 0 Å². The number of benzene rings is 1. The number of guanidine groups is 1. The topological polar surface area (TPSA) is 54.2 Å². The summed E-state index contributed by atoms with van der Waals surface area (Å²) >= 11 is 2.05. The standard InChI is InChI=1S/C17H23N5S/c1-18-17(20-13-15-7-4-11-23-15)19-12-14-6-2-3-8-16(14)22-10-5-9-21-22/h2-3,5-6,8-10,15H,4,7,11-13H2,1H3,(H2,18,19,20). The molecule has 2 N–H and O–H groups in total. The predicted octanol–water partition coefficient (Wildman–Crippen LogP) is 2.43. The summed E-state index contributed by atoms with van der Waals surface area (Å²) < 4.78 is 1.89. The molecule has 0 saturated carbocycles. The first-order chi connectivity index (χ1) is 11.4. The Kier molecular flexibility index (Phi) is 5.58. The lowest BCUT2D eigenvalue weighted by molar-refractivity contribution is 0.724. The Morgan fingerprint density at radius 2 is 2.26 bits per heavy atom. The average molecular weight is 329 g/mol. The molecule has 0 spiro atoms. The molecule has 1 saturated heterocycles. The van der Waals surface area contributed by atoms with E-state index in [1.54, 1.807) is 6.20 Å². The fourth-order valence-corrected chi connectivity index (χ4v) is 3.91. The predicted molar refractivity (Wildman–Crippen MR) is 97.2 cm³/mol. The molecule has 0 amide bonds. The number of rotatable bonds is 5. The SMILES string of the molecule is CN=C(NCc1ccccc1-n1cccn1)NCC1CCCS1. The molecule has 1 aromatic carbocycles. The molecule has 2 aromatic rings. The molecule has 6 heteroatoms. The molecule has 1 fully saturated rings. The Morgan fingerprint density at radius 1 is 1.35 bits per heavy atom. The third kappa shape index (κ3) is 4.28. The van der Waals surface area contributed by atoms with Gasteiger partial charge in [0.05, 0.1) is 5.69 Å². The first-order valence-corrected chi connectivity index (χ1v) is 9.06. The van der Waals surface area contributed by atoms with Crippen LogP contribution in [-0.4, -0.2) is 40.3 Å². The number of para-hydroxylation sites is 1. The molecule has 0 bridgehead atoms. The second kappa shape index (κ2) is 8.06. The van der Waals surface area contributed by atoms with E-state index < -0.39 is 0 Å². The summed E-state index contributed by atoms with van der Waals surface area (Å²) in [6, 6.07) is 10.2. The minimum Gasteiger partial charge on any atom is -0.355 e. The zero-order valence-corrected chi connectivity index (χ0v) is 14.2. The highest BCUT2D eigenvalue weighted by molar-refractivity contribution is 8.00. The van der Waals surface area contributed by atoms with Crippen LogP contribution >= 0.6 is 11.8 Å². The molecular weight excluding hydrogens is 306 g/mol. The molecule has 3 rings (SSSR count). The van der Waals surface area contributed by atoms with E-state index in [0.717, 1.165) is 18.2 Å². The molecule has 1 aliphatic rings. The van der Waals surface area contributed by atoms with Crippen molar-refractivity contribution in [3.63, 3.8) is 0 Å². The number of hydrogen-bond acceptors (Lipinski definition) is 3. The Labute approximate surface area is 141 Å². The summed E-state index contributed by atoms with van der Waals surface area (Å²) in [6.07, 6.45) is 6.39. The van der Waals surface area contributed by atoms with Crippen molar-refractivity contribution in [2.75, 3.05) is 19.3 Å². The van der Waals surface area contributed by atoms with Gasteiger partial charge in [0, 0.05) is 37.8 Å². The molecule has 23 heavy (non-hydrogen) atoms. The van der Waals surface area contributed by atoms with Crippen LogP contribution in [0, 0.1) is 0 Å². The van der Waals surface area contributed by atoms with Gasteiger partial charge in [-0.3, -0.25) is 4.99 Å². The molecule has 2 heterocycles. The van der Waals surface area contributed by atoms with E-state index in [1.807, 2.05) is 30.1 Å². The molecule has 1 aliphatic heterocycles. The quantitative estimate of drug-likeness (QED) is 0.653. The number of aromatic nitrogens is 2. The lowest BCUT2D eigenvalue weighted by Crippen LogP contribution is -2.39. The van der Waals surface area contributed by atoms with Gasteiger partial charge in [-0.1, -0.05) is 18.2 Å². The molecule has 1 atom stereocenters. The second-order valence-corrected chi connectivity index (χ2v) is 6.93. The van der Waals surface area contributed by atoms with Crippen molar-refractivity contribution in [3.8, 4) is 5.69 Å². The summed E-state index contributed by atoms with van der Waals surface area (Å²) in [5.41, 5.74) is 2.28. The summed E-state index contributed by atoms with van der Waals surface area (Å²) in [7, 11) is 1.82. The normalized spacial score (nSPS) is 18.1. The number of hydrogen-bond donors (Lipinski definition) is 2. The van der Waals surface area contributed by atoms with Crippen LogP contribution < -0.4 is 10.6 Å². The van der Waals surface area contributed by atoms with Gasteiger partial charge >= 0.3 is 0 Å². The second-order valence-electron chi connectivity index (χ2n) is 5.52. The average Bonchev–Trinajstić information content (AvgIpc) is 3.29. The van der Waals surface area contributed by atoms with E-state index in [2.05, 4.69) is 50.7 Å². The van der Waals surface area contributed by atoms with Crippen LogP contribution in [0.2, 0.25) is 0 Å². The fourth-order valence-electron chi connectivity index (χ4n) is 2.71. The van der Waals surface area contributed by atoms with Crippen LogP contribution in [0.5, 0.6) is 0 Å². The highest BCUT2D eigenvalue weighted by Crippen LogP contribution is 2.25. The minimum absolute atomic E-state index is 0.713. The number of nitrogens with zero attached hydrogens (tertiary/aromatic N) is 3. The molecular formula is C17H23N5S. The molecule has 0 radical (unpaired) electrons. The van der Waals surface area contributed by atoms with Crippen LogP contribution in [0.25, 0.3) is 5.69 Å². The molecule has 122 valence electrons. The van der Waals surface area contributed by atoms with Crippen molar-refractivity contribution in [2.24, 2.45) is 4.99 Å². The maximum absolute atomic E-state index is 4.32. The maximum atomic E-state index is 4.32. The van der Waals surface area contributed by atoms with Gasteiger partial charge in [0.1, 0.15) is 0 Å². The third-order valence-electron chi connectivity index (χ3n) is 3.93. The van der Waals surface area contributed by atoms with Gasteiger partial charge in [0.25, 0.3) is 0 Å². The fraction of sp³-hybridized carbons (Fsp3) is 0.412. The minimum atomic E-state index is 0.713. The van der Waals surface area contributed by atoms with Gasteiger partial charge in [-0.25, -0.2) is 4.68 Å². The van der Waals surface area contributed by atoms with Crippen molar-refractivity contribution in [3.05, 3.63) is 48.3 Å². The highest BCUT2D eigenvalue weighted by atomic mass is 32.2. The number of aliphatic imine (C=N–C) groups is 1. The van der Waals surface area contributed by atoms with E-state index in [1.165, 1.54) is 24.2 Å². The van der Waals surface area contributed by atoms with E-state index in [4.69, 9.17) is 0 Å². The van der Waals surface area contributed by atoms with Crippen molar-refractivity contribution in [2.45, 2.75) is 24.6 Å². The number of thioether (sulfide) groups is 1. The lowest BCUT2D eigenvalue weighted by atomic mass is 10.2. The largest absolute Gasteiger partial charge is 0.355 e. The van der Waals surface area contributed by atoms with Crippen molar-refractivity contribution in [1.29, 1.82) is 0 Å². The van der Waals surface area contributed by atoms with Crippen LogP contribution in [0.4, 0.5) is 0 Å². The third-order valence-corrected chi connectivity index (χ3v) is 5.33. The molecule has 5 nitrogen and oxygen atoms in total. The zero-order valence-electron chi connectivity index (χ0n) is 13.4. The summed E-state index contributed by atoms with van der Waals surface area (Å²) in [4.78, 5) is 4.32. The monoisotopic (exact) mass is 329 g/mol. The number of nitrogens with one attached hydrogen (secondary N) is 2. The highest BCUT2D eigenvalue weighted by Gasteiger charge is 2.15. The summed E-state index contributed by atoms with van der Waals surface area (Å²) in [6.45, 7) is 1.69. The van der Waals surface area contributed by atoms with Gasteiger partial charge in [0.15, 0.2) is 5.96 Å². The van der Waals surface area contributed by atoms with E-state index >= 15 is 0 Å². The van der Waals surface area contributed by atoms with Gasteiger partial charge in [-0.05, 0) is 36.3 Å². The smallest absolute Gasteiger partial charge is 0.191 e. The van der Waals surface area contributed by atoms with Crippen molar-refractivity contribution >= 4 is 17.7 Å². The van der Waals surface area contributed by atoms with Crippen LogP contribution in [0.1, 0.15) is 18.4 Å². The van der Waals surface area contributed by atoms with Crippen molar-refractivity contribution < 1.29 is 0 Å². The van der Waals surface area contributed by atoms with Crippen LogP contribution in [0.15, 0.2) is 47.7 Å². The van der Waals surface area contributed by atoms with Crippen molar-refractivity contribution in [1.82, 2.24) is 20.4 Å². The van der Waals surface area contributed by atoms with Gasteiger partial charge < -0.3 is 10.6 Å². The van der Waals surface area contributed by atoms with Gasteiger partial charge in [-0.15, -0.1) is 0 Å². The Hall–Kier alpha value is -1.95. The van der Waals surface area contributed by atoms with Crippen LogP contribution in [-0.2, 0) is 6.54 Å². The van der Waals surface area contributed by atoms with E-state index in [0.29, 0.717) is 11.8 Å². The molecule has 1 unspecified atom stereocenters. The lowest BCUT2D eigenvalue weighted by Gasteiger charge is -2.16. The first-order valence-electron chi connectivity index (χ1n) is 8.01.